The Hall–Kier alpha value is -2.49. The summed E-state index contributed by atoms with van der Waals surface area (Å²) in [6, 6.07) is 3.33. The number of halogens is 3. The highest BCUT2D eigenvalue weighted by molar-refractivity contribution is 5.91. The van der Waals surface area contributed by atoms with E-state index in [-0.39, 0.29) is 18.3 Å². The van der Waals surface area contributed by atoms with E-state index in [4.69, 9.17) is 19.9 Å². The number of anilines is 2. The van der Waals surface area contributed by atoms with E-state index in [1.807, 2.05) is 0 Å². The molecule has 2 atom stereocenters. The number of alkyl halides is 3. The summed E-state index contributed by atoms with van der Waals surface area (Å²) < 4.78 is 54.2. The molecule has 148 valence electrons. The topological polar surface area (TPSA) is 82.7 Å². The first-order chi connectivity index (χ1) is 12.7. The van der Waals surface area contributed by atoms with Crippen LogP contribution in [-0.2, 0) is 4.74 Å². The zero-order valence-electron chi connectivity index (χ0n) is 15.2. The fraction of sp³-hybridized carbons (Fsp3) is 0.529. The summed E-state index contributed by atoms with van der Waals surface area (Å²) in [5, 5.41) is 0.574. The maximum Gasteiger partial charge on any atom is 0.391 e. The number of hydrogen-bond acceptors (Lipinski definition) is 7. The summed E-state index contributed by atoms with van der Waals surface area (Å²) >= 11 is 0. The van der Waals surface area contributed by atoms with Crippen LogP contribution in [0.4, 0.5) is 24.9 Å². The minimum Gasteiger partial charge on any atom is -0.493 e. The van der Waals surface area contributed by atoms with Gasteiger partial charge in [0.2, 0.25) is 5.95 Å². The zero-order chi connectivity index (χ0) is 19.8. The predicted octanol–water partition coefficient (Wildman–Crippen LogP) is 2.78. The maximum absolute atomic E-state index is 12.7. The SMILES string of the molecule is COc1cc2nc(N3CC(C)OC(CC(F)(F)F)C3)nc(N)c2cc1OC. The number of nitrogen functional groups attached to an aromatic ring is 1. The Bertz CT molecular complexity index is 831. The monoisotopic (exact) mass is 386 g/mol. The van der Waals surface area contributed by atoms with Crippen molar-refractivity contribution in [3.8, 4) is 11.5 Å². The van der Waals surface area contributed by atoms with E-state index < -0.39 is 24.8 Å². The Labute approximate surface area is 154 Å². The van der Waals surface area contributed by atoms with Gasteiger partial charge in [-0.25, -0.2) is 4.98 Å². The van der Waals surface area contributed by atoms with Gasteiger partial charge in [-0.15, -0.1) is 0 Å². The largest absolute Gasteiger partial charge is 0.493 e. The lowest BCUT2D eigenvalue weighted by atomic mass is 10.1. The summed E-state index contributed by atoms with van der Waals surface area (Å²) in [7, 11) is 3.01. The smallest absolute Gasteiger partial charge is 0.391 e. The van der Waals surface area contributed by atoms with Crippen LogP contribution in [0.2, 0.25) is 0 Å². The maximum atomic E-state index is 12.7. The molecule has 1 aliphatic rings. The van der Waals surface area contributed by atoms with Crippen molar-refractivity contribution in [1.82, 2.24) is 9.97 Å². The average molecular weight is 386 g/mol. The van der Waals surface area contributed by atoms with E-state index in [0.717, 1.165) is 0 Å². The lowest BCUT2D eigenvalue weighted by molar-refractivity contribution is -0.168. The number of nitrogens with two attached hydrogens (primary N) is 1. The van der Waals surface area contributed by atoms with Crippen molar-refractivity contribution in [3.05, 3.63) is 12.1 Å². The molecule has 0 amide bonds. The Kier molecular flexibility index (Phi) is 5.18. The van der Waals surface area contributed by atoms with Crippen LogP contribution < -0.4 is 20.1 Å². The Morgan fingerprint density at radius 3 is 2.48 bits per heavy atom. The Morgan fingerprint density at radius 1 is 1.19 bits per heavy atom. The van der Waals surface area contributed by atoms with Crippen molar-refractivity contribution in [2.45, 2.75) is 31.7 Å². The number of morpholine rings is 1. The molecule has 1 aromatic carbocycles. The van der Waals surface area contributed by atoms with E-state index in [1.165, 1.54) is 14.2 Å². The second kappa shape index (κ2) is 7.26. The molecule has 0 saturated carbocycles. The van der Waals surface area contributed by atoms with E-state index in [9.17, 15) is 13.2 Å². The zero-order valence-corrected chi connectivity index (χ0v) is 15.2. The minimum absolute atomic E-state index is 0.0298. The number of nitrogens with zero attached hydrogens (tertiary/aromatic N) is 3. The van der Waals surface area contributed by atoms with Crippen molar-refractivity contribution in [2.24, 2.45) is 0 Å². The molecule has 0 aliphatic carbocycles. The molecule has 1 fully saturated rings. The molecule has 27 heavy (non-hydrogen) atoms. The summed E-state index contributed by atoms with van der Waals surface area (Å²) in [5.41, 5.74) is 6.58. The Balaban J connectivity index is 1.95. The molecule has 10 heteroatoms. The molecule has 1 aliphatic heterocycles. The molecule has 2 N–H and O–H groups in total. The van der Waals surface area contributed by atoms with Gasteiger partial charge in [0.15, 0.2) is 11.5 Å². The van der Waals surface area contributed by atoms with Crippen LogP contribution in [0.15, 0.2) is 12.1 Å². The average Bonchev–Trinajstić information content (AvgIpc) is 2.58. The van der Waals surface area contributed by atoms with Crippen molar-refractivity contribution in [3.63, 3.8) is 0 Å². The van der Waals surface area contributed by atoms with E-state index in [2.05, 4.69) is 9.97 Å². The van der Waals surface area contributed by atoms with Crippen LogP contribution in [0.5, 0.6) is 11.5 Å². The number of fused-ring (bicyclic) bond motifs is 1. The number of ether oxygens (including phenoxy) is 3. The van der Waals surface area contributed by atoms with Gasteiger partial charge in [0.05, 0.1) is 38.4 Å². The standard InChI is InChI=1S/C17H21F3N4O3/c1-9-7-24(8-10(27-9)6-17(18,19)20)16-22-12-5-14(26-3)13(25-2)4-11(12)15(21)23-16/h4-5,9-10H,6-8H2,1-3H3,(H2,21,22,23). The number of aromatic nitrogens is 2. The van der Waals surface area contributed by atoms with Gasteiger partial charge < -0.3 is 24.8 Å². The first kappa shape index (κ1) is 19.3. The second-order valence-electron chi connectivity index (χ2n) is 6.43. The molecule has 0 spiro atoms. The number of benzene rings is 1. The van der Waals surface area contributed by atoms with E-state index in [0.29, 0.717) is 28.9 Å². The van der Waals surface area contributed by atoms with Gasteiger partial charge in [-0.1, -0.05) is 0 Å². The van der Waals surface area contributed by atoms with Crippen LogP contribution in [0.25, 0.3) is 10.9 Å². The van der Waals surface area contributed by atoms with Crippen molar-refractivity contribution in [1.29, 1.82) is 0 Å². The van der Waals surface area contributed by atoms with Gasteiger partial charge >= 0.3 is 6.18 Å². The molecule has 2 aromatic rings. The fourth-order valence-corrected chi connectivity index (χ4v) is 3.19. The first-order valence-electron chi connectivity index (χ1n) is 8.36. The first-order valence-corrected chi connectivity index (χ1v) is 8.36. The highest BCUT2D eigenvalue weighted by Crippen LogP contribution is 2.34. The molecule has 0 bridgehead atoms. The molecule has 2 heterocycles. The predicted molar refractivity (Wildman–Crippen MR) is 94.3 cm³/mol. The lowest BCUT2D eigenvalue weighted by Crippen LogP contribution is -2.48. The normalized spacial score (nSPS) is 20.7. The highest BCUT2D eigenvalue weighted by Gasteiger charge is 2.37. The second-order valence-corrected chi connectivity index (χ2v) is 6.43. The van der Waals surface area contributed by atoms with Crippen LogP contribution in [0, 0.1) is 0 Å². The van der Waals surface area contributed by atoms with Crippen molar-refractivity contribution < 1.29 is 27.4 Å². The van der Waals surface area contributed by atoms with Gasteiger partial charge in [-0.05, 0) is 13.0 Å². The fourth-order valence-electron chi connectivity index (χ4n) is 3.19. The van der Waals surface area contributed by atoms with Gasteiger partial charge in [0.25, 0.3) is 0 Å². The Morgan fingerprint density at radius 2 is 1.85 bits per heavy atom. The molecule has 1 aromatic heterocycles. The van der Waals surface area contributed by atoms with Gasteiger partial charge in [0.1, 0.15) is 5.82 Å². The summed E-state index contributed by atoms with van der Waals surface area (Å²) in [6.07, 6.45) is -6.71. The van der Waals surface area contributed by atoms with Crippen LogP contribution in [0.3, 0.4) is 0 Å². The summed E-state index contributed by atoms with van der Waals surface area (Å²) in [4.78, 5) is 10.4. The molecule has 2 unspecified atom stereocenters. The minimum atomic E-state index is -4.30. The number of rotatable bonds is 4. The van der Waals surface area contributed by atoms with Gasteiger partial charge in [-0.3, -0.25) is 0 Å². The molecule has 0 radical (unpaired) electrons. The molecular formula is C17H21F3N4O3. The van der Waals surface area contributed by atoms with Crippen LogP contribution >= 0.6 is 0 Å². The molecular weight excluding hydrogens is 365 g/mol. The van der Waals surface area contributed by atoms with Crippen molar-refractivity contribution >= 4 is 22.7 Å². The highest BCUT2D eigenvalue weighted by atomic mass is 19.4. The molecule has 7 nitrogen and oxygen atoms in total. The molecule has 1 saturated heterocycles. The van der Waals surface area contributed by atoms with Crippen molar-refractivity contribution in [2.75, 3.05) is 37.9 Å². The summed E-state index contributed by atoms with van der Waals surface area (Å²) in [6.45, 7) is 2.11. The third-order valence-corrected chi connectivity index (χ3v) is 4.29. The number of methoxy groups -OCH3 is 2. The third kappa shape index (κ3) is 4.26. The van der Waals surface area contributed by atoms with E-state index >= 15 is 0 Å². The number of hydrogen-bond donors (Lipinski definition) is 1. The van der Waals surface area contributed by atoms with Gasteiger partial charge in [0, 0.05) is 24.5 Å². The quantitative estimate of drug-likeness (QED) is 0.865. The van der Waals surface area contributed by atoms with Crippen LogP contribution in [0.1, 0.15) is 13.3 Å². The van der Waals surface area contributed by atoms with Crippen LogP contribution in [-0.4, -0.2) is 55.7 Å². The lowest BCUT2D eigenvalue weighted by Gasteiger charge is -2.37. The molecule has 3 rings (SSSR count). The third-order valence-electron chi connectivity index (χ3n) is 4.29. The van der Waals surface area contributed by atoms with E-state index in [1.54, 1.807) is 24.0 Å². The van der Waals surface area contributed by atoms with Gasteiger partial charge in [-0.2, -0.15) is 18.2 Å². The summed E-state index contributed by atoms with van der Waals surface area (Å²) in [5.74, 6) is 1.43.